The summed E-state index contributed by atoms with van der Waals surface area (Å²) in [6, 6.07) is 0. The molecular formula is C17H18F3N3O6. The number of halogens is 3. The first-order valence-corrected chi connectivity index (χ1v) is 8.35. The summed E-state index contributed by atoms with van der Waals surface area (Å²) < 4.78 is 48.4. The second kappa shape index (κ2) is 9.55. The third-order valence-corrected chi connectivity index (χ3v) is 3.88. The van der Waals surface area contributed by atoms with Gasteiger partial charge in [-0.2, -0.15) is 13.2 Å². The molecule has 12 heteroatoms. The Morgan fingerprint density at radius 1 is 1.52 bits per heavy atom. The SMILES string of the molecule is C=CCO[C@H]1C[C@H](n2cc(C#CCNC(=O)C(F)(F)F)c(=O)[nH]c2=O)O[C@@H]1CO. The number of rotatable bonds is 6. The summed E-state index contributed by atoms with van der Waals surface area (Å²) >= 11 is 0. The molecule has 9 nitrogen and oxygen atoms in total. The van der Waals surface area contributed by atoms with Crippen LogP contribution in [0.4, 0.5) is 13.2 Å². The molecule has 0 saturated carbocycles. The molecule has 0 aromatic carbocycles. The minimum absolute atomic E-state index is 0.194. The van der Waals surface area contributed by atoms with E-state index in [1.165, 1.54) is 11.4 Å². The molecule has 29 heavy (non-hydrogen) atoms. The van der Waals surface area contributed by atoms with E-state index >= 15 is 0 Å². The number of nitrogens with zero attached hydrogens (tertiary/aromatic N) is 1. The number of nitrogens with one attached hydrogen (secondary N) is 2. The fraction of sp³-hybridized carbons (Fsp3) is 0.471. The second-order valence-corrected chi connectivity index (χ2v) is 5.90. The molecule has 0 bridgehead atoms. The van der Waals surface area contributed by atoms with E-state index in [1.54, 1.807) is 0 Å². The minimum Gasteiger partial charge on any atom is -0.394 e. The van der Waals surface area contributed by atoms with Crippen molar-refractivity contribution in [3.05, 3.63) is 45.3 Å². The maximum atomic E-state index is 12.1. The van der Waals surface area contributed by atoms with Gasteiger partial charge >= 0.3 is 17.8 Å². The molecule has 1 fully saturated rings. The number of hydrogen-bond acceptors (Lipinski definition) is 6. The average Bonchev–Trinajstić information content (AvgIpc) is 3.06. The van der Waals surface area contributed by atoms with Crippen LogP contribution in [0.1, 0.15) is 18.2 Å². The van der Waals surface area contributed by atoms with Crippen LogP contribution in [0.25, 0.3) is 0 Å². The number of aliphatic hydroxyl groups excluding tert-OH is 1. The Morgan fingerprint density at radius 3 is 2.86 bits per heavy atom. The first kappa shape index (κ1) is 22.4. The molecule has 158 valence electrons. The maximum absolute atomic E-state index is 12.1. The summed E-state index contributed by atoms with van der Waals surface area (Å²) in [6.07, 6.45) is -4.33. The van der Waals surface area contributed by atoms with E-state index in [4.69, 9.17) is 9.47 Å². The van der Waals surface area contributed by atoms with Gasteiger partial charge in [0.15, 0.2) is 0 Å². The lowest BCUT2D eigenvalue weighted by Crippen LogP contribution is -2.37. The summed E-state index contributed by atoms with van der Waals surface area (Å²) in [7, 11) is 0. The second-order valence-electron chi connectivity index (χ2n) is 5.90. The summed E-state index contributed by atoms with van der Waals surface area (Å²) in [5, 5.41) is 10.9. The van der Waals surface area contributed by atoms with E-state index in [2.05, 4.69) is 18.4 Å². The van der Waals surface area contributed by atoms with Crippen molar-refractivity contribution in [1.29, 1.82) is 0 Å². The Bertz CT molecular complexity index is 927. The van der Waals surface area contributed by atoms with Crippen molar-refractivity contribution in [2.75, 3.05) is 19.8 Å². The van der Waals surface area contributed by atoms with Gasteiger partial charge in [0.1, 0.15) is 17.9 Å². The van der Waals surface area contributed by atoms with Crippen LogP contribution in [-0.4, -0.2) is 58.7 Å². The number of carbonyl (C=O) groups is 1. The van der Waals surface area contributed by atoms with Crippen LogP contribution in [-0.2, 0) is 14.3 Å². The molecule has 2 rings (SSSR count). The predicted molar refractivity (Wildman–Crippen MR) is 92.8 cm³/mol. The molecule has 1 saturated heterocycles. The number of amides is 1. The van der Waals surface area contributed by atoms with Crippen molar-refractivity contribution in [3.63, 3.8) is 0 Å². The van der Waals surface area contributed by atoms with Crippen molar-refractivity contribution in [3.8, 4) is 11.8 Å². The first-order chi connectivity index (χ1) is 13.7. The van der Waals surface area contributed by atoms with Crippen LogP contribution in [0.2, 0.25) is 0 Å². The quantitative estimate of drug-likeness (QED) is 0.421. The standard InChI is InChI=1S/C17H18F3N3O6/c1-2-6-28-11-7-13(29-12(11)9-24)23-8-10(14(25)22-16(23)27)4-3-5-21-15(26)17(18,19)20/h2,8,11-13,24H,1,5-7,9H2,(H,21,26)(H,22,25,27)/t11-,12+,13+/m0/s1. The third kappa shape index (κ3) is 5.80. The predicted octanol–water partition coefficient (Wildman–Crippen LogP) is -0.582. The number of H-pyrrole nitrogens is 1. The molecule has 0 unspecified atom stereocenters. The van der Waals surface area contributed by atoms with Gasteiger partial charge in [-0.15, -0.1) is 6.58 Å². The molecule has 1 aromatic heterocycles. The van der Waals surface area contributed by atoms with Crippen LogP contribution < -0.4 is 16.6 Å². The maximum Gasteiger partial charge on any atom is 0.471 e. The highest BCUT2D eigenvalue weighted by Crippen LogP contribution is 2.29. The van der Waals surface area contributed by atoms with Gasteiger partial charge < -0.3 is 19.9 Å². The Labute approximate surface area is 162 Å². The number of hydrogen-bond donors (Lipinski definition) is 3. The van der Waals surface area contributed by atoms with Gasteiger partial charge in [-0.05, 0) is 0 Å². The monoisotopic (exact) mass is 417 g/mol. The van der Waals surface area contributed by atoms with Gasteiger partial charge in [0, 0.05) is 12.6 Å². The molecular weight excluding hydrogens is 399 g/mol. The Kier molecular flexibility index (Phi) is 7.38. The van der Waals surface area contributed by atoms with Gasteiger partial charge in [0.25, 0.3) is 5.56 Å². The van der Waals surface area contributed by atoms with Gasteiger partial charge in [-0.25, -0.2) is 4.79 Å². The zero-order valence-electron chi connectivity index (χ0n) is 15.0. The smallest absolute Gasteiger partial charge is 0.394 e. The number of ether oxygens (including phenoxy) is 2. The van der Waals surface area contributed by atoms with E-state index in [0.29, 0.717) is 0 Å². The fourth-order valence-electron chi connectivity index (χ4n) is 2.55. The molecule has 0 spiro atoms. The molecule has 3 N–H and O–H groups in total. The number of aromatic amines is 1. The van der Waals surface area contributed by atoms with Gasteiger partial charge in [0.05, 0.1) is 25.9 Å². The highest BCUT2D eigenvalue weighted by molar-refractivity contribution is 5.81. The largest absolute Gasteiger partial charge is 0.471 e. The van der Waals surface area contributed by atoms with Crippen LogP contribution in [0.3, 0.4) is 0 Å². The number of aromatic nitrogens is 2. The van der Waals surface area contributed by atoms with Crippen LogP contribution in [0, 0.1) is 11.8 Å². The van der Waals surface area contributed by atoms with E-state index < -0.39 is 48.3 Å². The van der Waals surface area contributed by atoms with Crippen molar-refractivity contribution < 1.29 is 32.5 Å². The zero-order chi connectivity index (χ0) is 21.6. The Hall–Kier alpha value is -2.88. The molecule has 1 aliphatic rings. The minimum atomic E-state index is -5.04. The molecule has 2 heterocycles. The average molecular weight is 417 g/mol. The normalized spacial score (nSPS) is 21.3. The number of alkyl halides is 3. The number of aliphatic hydroxyl groups is 1. The van der Waals surface area contributed by atoms with Crippen molar-refractivity contribution in [2.45, 2.75) is 31.0 Å². The van der Waals surface area contributed by atoms with Crippen molar-refractivity contribution in [2.24, 2.45) is 0 Å². The Balaban J connectivity index is 2.17. The molecule has 0 radical (unpaired) electrons. The van der Waals surface area contributed by atoms with Gasteiger partial charge in [-0.3, -0.25) is 19.1 Å². The number of carbonyl (C=O) groups excluding carboxylic acids is 1. The summed E-state index contributed by atoms with van der Waals surface area (Å²) in [5.41, 5.74) is -1.86. The van der Waals surface area contributed by atoms with Gasteiger partial charge in [0.2, 0.25) is 0 Å². The van der Waals surface area contributed by atoms with Crippen LogP contribution in [0.15, 0.2) is 28.4 Å². The lowest BCUT2D eigenvalue weighted by Gasteiger charge is -2.15. The highest BCUT2D eigenvalue weighted by atomic mass is 19.4. The van der Waals surface area contributed by atoms with E-state index in [0.717, 1.165) is 10.8 Å². The van der Waals surface area contributed by atoms with E-state index in [1.807, 2.05) is 4.98 Å². The Morgan fingerprint density at radius 2 is 2.24 bits per heavy atom. The van der Waals surface area contributed by atoms with Crippen molar-refractivity contribution >= 4 is 5.91 Å². The highest BCUT2D eigenvalue weighted by Gasteiger charge is 2.38. The molecule has 1 aromatic rings. The lowest BCUT2D eigenvalue weighted by atomic mass is 10.2. The van der Waals surface area contributed by atoms with Crippen molar-refractivity contribution in [1.82, 2.24) is 14.9 Å². The molecule has 0 aliphatic carbocycles. The molecule has 3 atom stereocenters. The lowest BCUT2D eigenvalue weighted by molar-refractivity contribution is -0.173. The van der Waals surface area contributed by atoms with Crippen LogP contribution >= 0.6 is 0 Å². The zero-order valence-corrected chi connectivity index (χ0v) is 15.0. The topological polar surface area (TPSA) is 123 Å². The van der Waals surface area contributed by atoms with E-state index in [-0.39, 0.29) is 25.2 Å². The summed E-state index contributed by atoms with van der Waals surface area (Å²) in [4.78, 5) is 36.7. The summed E-state index contributed by atoms with van der Waals surface area (Å²) in [5.74, 6) is 2.34. The third-order valence-electron chi connectivity index (χ3n) is 3.88. The first-order valence-electron chi connectivity index (χ1n) is 8.35. The molecule has 1 amide bonds. The molecule has 1 aliphatic heterocycles. The van der Waals surface area contributed by atoms with Gasteiger partial charge in [-0.1, -0.05) is 17.9 Å². The fourth-order valence-corrected chi connectivity index (χ4v) is 2.55. The summed E-state index contributed by atoms with van der Waals surface area (Å²) in [6.45, 7) is 2.71. The van der Waals surface area contributed by atoms with Crippen LogP contribution in [0.5, 0.6) is 0 Å². The van der Waals surface area contributed by atoms with E-state index in [9.17, 15) is 32.7 Å².